The van der Waals surface area contributed by atoms with Crippen molar-refractivity contribution in [2.45, 2.75) is 25.2 Å². The van der Waals surface area contributed by atoms with Crippen LogP contribution in [0.3, 0.4) is 0 Å². The third kappa shape index (κ3) is 3.70. The lowest BCUT2D eigenvalue weighted by Gasteiger charge is -2.12. The van der Waals surface area contributed by atoms with Gasteiger partial charge in [0.2, 0.25) is 10.0 Å². The first kappa shape index (κ1) is 15.7. The van der Waals surface area contributed by atoms with Gasteiger partial charge in [0, 0.05) is 25.2 Å². The van der Waals surface area contributed by atoms with Gasteiger partial charge in [0.25, 0.3) is 5.69 Å². The van der Waals surface area contributed by atoms with E-state index in [1.165, 1.54) is 18.2 Å². The summed E-state index contributed by atoms with van der Waals surface area (Å²) in [7, 11) is -3.67. The fraction of sp³-hybridized carbons (Fsp3) is 0.538. The molecule has 21 heavy (non-hydrogen) atoms. The smallest absolute Gasteiger partial charge is 0.271 e. The van der Waals surface area contributed by atoms with Crippen LogP contribution in [0.5, 0.6) is 0 Å². The fourth-order valence-corrected chi connectivity index (χ4v) is 3.43. The lowest BCUT2D eigenvalue weighted by molar-refractivity contribution is -0.384. The summed E-state index contributed by atoms with van der Waals surface area (Å²) in [6.45, 7) is 4.76. The number of hydrogen-bond acceptors (Lipinski definition) is 5. The van der Waals surface area contributed by atoms with Gasteiger partial charge in [0.1, 0.15) is 4.90 Å². The maximum atomic E-state index is 12.3. The van der Waals surface area contributed by atoms with Gasteiger partial charge < -0.3 is 5.32 Å². The second kappa shape index (κ2) is 5.98. The summed E-state index contributed by atoms with van der Waals surface area (Å²) in [6.07, 6.45) is 1.03. The Morgan fingerprint density at radius 1 is 1.43 bits per heavy atom. The first-order valence-electron chi connectivity index (χ1n) is 6.87. The van der Waals surface area contributed by atoms with Crippen molar-refractivity contribution in [2.75, 3.05) is 18.4 Å². The summed E-state index contributed by atoms with van der Waals surface area (Å²) < 4.78 is 27.2. The highest BCUT2D eigenvalue weighted by Gasteiger charge is 2.33. The van der Waals surface area contributed by atoms with Crippen LogP contribution >= 0.6 is 0 Å². The second-order valence-electron chi connectivity index (χ2n) is 5.29. The molecule has 0 radical (unpaired) electrons. The molecule has 2 atom stereocenters. The minimum Gasteiger partial charge on any atom is -0.384 e. The molecule has 1 fully saturated rings. The highest BCUT2D eigenvalue weighted by molar-refractivity contribution is 7.89. The molecule has 7 nitrogen and oxygen atoms in total. The van der Waals surface area contributed by atoms with Gasteiger partial charge in [-0.2, -0.15) is 0 Å². The van der Waals surface area contributed by atoms with Gasteiger partial charge >= 0.3 is 0 Å². The molecule has 0 bridgehead atoms. The normalized spacial score (nSPS) is 21.0. The number of non-ortho nitro benzene ring substituents is 1. The average Bonchev–Trinajstić information content (AvgIpc) is 3.13. The zero-order chi connectivity index (χ0) is 15.6. The molecule has 0 saturated heterocycles. The first-order valence-corrected chi connectivity index (χ1v) is 8.35. The zero-order valence-corrected chi connectivity index (χ0v) is 12.8. The van der Waals surface area contributed by atoms with Crippen LogP contribution in [-0.4, -0.2) is 26.4 Å². The van der Waals surface area contributed by atoms with Crippen LogP contribution in [0.1, 0.15) is 20.3 Å². The van der Waals surface area contributed by atoms with E-state index in [0.717, 1.165) is 6.42 Å². The van der Waals surface area contributed by atoms with E-state index in [9.17, 15) is 18.5 Å². The van der Waals surface area contributed by atoms with E-state index in [0.29, 0.717) is 24.9 Å². The highest BCUT2D eigenvalue weighted by atomic mass is 32.2. The summed E-state index contributed by atoms with van der Waals surface area (Å²) >= 11 is 0. The number of rotatable bonds is 7. The van der Waals surface area contributed by atoms with Gasteiger partial charge in [0.05, 0.1) is 10.6 Å². The second-order valence-corrected chi connectivity index (χ2v) is 7.03. The van der Waals surface area contributed by atoms with Crippen LogP contribution in [0.15, 0.2) is 23.1 Å². The molecule has 1 aromatic carbocycles. The van der Waals surface area contributed by atoms with Gasteiger partial charge in [-0.25, -0.2) is 13.1 Å². The molecule has 1 aliphatic rings. The molecule has 1 saturated carbocycles. The molecule has 2 rings (SSSR count). The van der Waals surface area contributed by atoms with E-state index in [-0.39, 0.29) is 16.3 Å². The Hall–Kier alpha value is -1.67. The number of anilines is 1. The van der Waals surface area contributed by atoms with Gasteiger partial charge in [0.15, 0.2) is 0 Å². The molecule has 0 spiro atoms. The number of hydrogen-bond donors (Lipinski definition) is 2. The van der Waals surface area contributed by atoms with Crippen LogP contribution in [0, 0.1) is 22.0 Å². The quantitative estimate of drug-likeness (QED) is 0.592. The van der Waals surface area contributed by atoms with Gasteiger partial charge in [-0.3, -0.25) is 10.1 Å². The number of nitro benzene ring substituents is 1. The molecule has 0 aliphatic heterocycles. The predicted molar refractivity (Wildman–Crippen MR) is 79.7 cm³/mol. The zero-order valence-electron chi connectivity index (χ0n) is 12.0. The van der Waals surface area contributed by atoms with E-state index in [1.54, 1.807) is 6.92 Å². The van der Waals surface area contributed by atoms with E-state index >= 15 is 0 Å². The Labute approximate surface area is 123 Å². The van der Waals surface area contributed by atoms with Crippen molar-refractivity contribution in [3.63, 3.8) is 0 Å². The first-order chi connectivity index (χ1) is 9.85. The Morgan fingerprint density at radius 2 is 2.10 bits per heavy atom. The summed E-state index contributed by atoms with van der Waals surface area (Å²) in [5.74, 6) is 0.943. The van der Waals surface area contributed by atoms with Crippen LogP contribution in [-0.2, 0) is 10.0 Å². The third-order valence-corrected chi connectivity index (χ3v) is 5.12. The minimum atomic E-state index is -3.67. The van der Waals surface area contributed by atoms with E-state index in [4.69, 9.17) is 0 Å². The monoisotopic (exact) mass is 313 g/mol. The Bertz CT molecular complexity index is 645. The van der Waals surface area contributed by atoms with Crippen molar-refractivity contribution in [1.29, 1.82) is 0 Å². The maximum Gasteiger partial charge on any atom is 0.271 e. The molecule has 0 heterocycles. The third-order valence-electron chi connectivity index (χ3n) is 3.64. The molecular formula is C13H19N3O4S. The molecule has 0 amide bonds. The SMILES string of the molecule is CCNc1cc([N+](=O)[O-])ccc1S(=O)(=O)NCC1CC1C. The molecule has 116 valence electrons. The van der Waals surface area contributed by atoms with Crippen LogP contribution < -0.4 is 10.0 Å². The van der Waals surface area contributed by atoms with Gasteiger partial charge in [-0.15, -0.1) is 0 Å². The number of nitro groups is 1. The number of benzene rings is 1. The standard InChI is InChI=1S/C13H19N3O4S/c1-3-14-12-7-11(16(17)18)4-5-13(12)21(19,20)15-8-10-6-9(10)2/h4-5,7,9-10,14-15H,3,6,8H2,1-2H3. The Morgan fingerprint density at radius 3 is 2.62 bits per heavy atom. The molecule has 1 aromatic rings. The predicted octanol–water partition coefficient (Wildman–Crippen LogP) is 1.96. The van der Waals surface area contributed by atoms with Crippen molar-refractivity contribution in [3.05, 3.63) is 28.3 Å². The van der Waals surface area contributed by atoms with Crippen molar-refractivity contribution < 1.29 is 13.3 Å². The van der Waals surface area contributed by atoms with Gasteiger partial charge in [-0.1, -0.05) is 6.92 Å². The Balaban J connectivity index is 2.25. The summed E-state index contributed by atoms with van der Waals surface area (Å²) in [5.41, 5.74) is 0.115. The molecule has 2 unspecified atom stereocenters. The van der Waals surface area contributed by atoms with Crippen LogP contribution in [0.4, 0.5) is 11.4 Å². The lowest BCUT2D eigenvalue weighted by atomic mass is 10.3. The highest BCUT2D eigenvalue weighted by Crippen LogP contribution is 2.37. The number of sulfonamides is 1. The van der Waals surface area contributed by atoms with Crippen LogP contribution in [0.25, 0.3) is 0 Å². The van der Waals surface area contributed by atoms with Crippen molar-refractivity contribution in [3.8, 4) is 0 Å². The van der Waals surface area contributed by atoms with Gasteiger partial charge in [-0.05, 0) is 31.2 Å². The number of nitrogens with zero attached hydrogens (tertiary/aromatic N) is 1. The van der Waals surface area contributed by atoms with E-state index < -0.39 is 14.9 Å². The van der Waals surface area contributed by atoms with Crippen molar-refractivity contribution in [1.82, 2.24) is 4.72 Å². The van der Waals surface area contributed by atoms with Crippen LogP contribution in [0.2, 0.25) is 0 Å². The molecule has 8 heteroatoms. The molecule has 1 aliphatic carbocycles. The minimum absolute atomic E-state index is 0.0447. The Kier molecular flexibility index (Phi) is 4.48. The largest absolute Gasteiger partial charge is 0.384 e. The summed E-state index contributed by atoms with van der Waals surface area (Å²) in [6, 6.07) is 3.72. The molecule has 2 N–H and O–H groups in total. The maximum absolute atomic E-state index is 12.3. The summed E-state index contributed by atoms with van der Waals surface area (Å²) in [5, 5.41) is 13.7. The lowest BCUT2D eigenvalue weighted by Crippen LogP contribution is -2.27. The summed E-state index contributed by atoms with van der Waals surface area (Å²) in [4.78, 5) is 10.3. The number of nitrogens with one attached hydrogen (secondary N) is 2. The van der Waals surface area contributed by atoms with Crippen molar-refractivity contribution >= 4 is 21.4 Å². The fourth-order valence-electron chi connectivity index (χ4n) is 2.17. The average molecular weight is 313 g/mol. The van der Waals surface area contributed by atoms with Crippen molar-refractivity contribution in [2.24, 2.45) is 11.8 Å². The van der Waals surface area contributed by atoms with E-state index in [2.05, 4.69) is 17.0 Å². The van der Waals surface area contributed by atoms with E-state index in [1.807, 2.05) is 0 Å². The molecule has 0 aromatic heterocycles. The topological polar surface area (TPSA) is 101 Å². The molecular weight excluding hydrogens is 294 g/mol.